The number of carbonyl (C=O) groups excluding carboxylic acids is 1. The summed E-state index contributed by atoms with van der Waals surface area (Å²) in [5.74, 6) is -0.714. The maximum absolute atomic E-state index is 12.1. The summed E-state index contributed by atoms with van der Waals surface area (Å²) in [6.07, 6.45) is -0.859. The van der Waals surface area contributed by atoms with E-state index in [9.17, 15) is 14.7 Å². The summed E-state index contributed by atoms with van der Waals surface area (Å²) in [5.41, 5.74) is 1.01. The molecule has 1 atom stereocenters. The van der Waals surface area contributed by atoms with Crippen LogP contribution in [0.4, 0.5) is 4.79 Å². The molecule has 0 saturated carbocycles. The number of nitrogens with one attached hydrogen (secondary N) is 1. The van der Waals surface area contributed by atoms with Gasteiger partial charge in [-0.15, -0.1) is 0 Å². The lowest BCUT2D eigenvalue weighted by Crippen LogP contribution is -2.34. The average molecular weight is 424 g/mol. The third-order valence-corrected chi connectivity index (χ3v) is 3.96. The maximum Gasteiger partial charge on any atom is 0.408 e. The van der Waals surface area contributed by atoms with Gasteiger partial charge in [0.15, 0.2) is 17.5 Å². The van der Waals surface area contributed by atoms with Crippen LogP contribution in [-0.2, 0) is 16.1 Å². The number of carboxylic acid groups (broad SMARTS) is 1. The van der Waals surface area contributed by atoms with Crippen molar-refractivity contribution in [2.24, 2.45) is 0 Å². The largest absolute Gasteiger partial charge is 0.493 e. The van der Waals surface area contributed by atoms with Crippen molar-refractivity contribution in [2.45, 2.75) is 12.6 Å². The smallest absolute Gasteiger partial charge is 0.408 e. The summed E-state index contributed by atoms with van der Waals surface area (Å²) in [7, 11) is 2.83. The van der Waals surface area contributed by atoms with Gasteiger partial charge in [0.25, 0.3) is 0 Å². The topological polar surface area (TPSA) is 94.1 Å². The van der Waals surface area contributed by atoms with Gasteiger partial charge in [-0.2, -0.15) is 0 Å². The Bertz CT molecular complexity index is 781. The number of benzene rings is 2. The molecule has 0 heterocycles. The van der Waals surface area contributed by atoms with Gasteiger partial charge in [-0.3, -0.25) is 0 Å². The van der Waals surface area contributed by atoms with Gasteiger partial charge >= 0.3 is 12.1 Å². The summed E-state index contributed by atoms with van der Waals surface area (Å²) in [5, 5.41) is 11.9. The Balaban J connectivity index is 2.20. The number of rotatable bonds is 7. The maximum atomic E-state index is 12.1. The quantitative estimate of drug-likeness (QED) is 0.707. The van der Waals surface area contributed by atoms with E-state index in [0.29, 0.717) is 10.2 Å². The molecule has 1 amide bonds. The molecule has 0 aliphatic carbocycles. The Kier molecular flexibility index (Phi) is 6.85. The number of aliphatic carboxylic acids is 1. The SMILES string of the molecule is COc1cc(Br)cc(C(NC(=O)OCc2ccccc2)C(=O)O)c1OC. The van der Waals surface area contributed by atoms with Crippen LogP contribution in [0.3, 0.4) is 0 Å². The van der Waals surface area contributed by atoms with Crippen LogP contribution < -0.4 is 14.8 Å². The van der Waals surface area contributed by atoms with Crippen molar-refractivity contribution in [2.75, 3.05) is 14.2 Å². The van der Waals surface area contributed by atoms with Gasteiger partial charge in [-0.05, 0) is 17.7 Å². The minimum Gasteiger partial charge on any atom is -0.493 e. The molecule has 0 spiro atoms. The zero-order chi connectivity index (χ0) is 19.1. The second-order valence-corrected chi connectivity index (χ2v) is 6.12. The number of hydrogen-bond donors (Lipinski definition) is 2. The molecular formula is C18H18BrNO6. The summed E-state index contributed by atoms with van der Waals surface area (Å²) in [6, 6.07) is 10.9. The highest BCUT2D eigenvalue weighted by Crippen LogP contribution is 2.38. The molecular weight excluding hydrogens is 406 g/mol. The van der Waals surface area contributed by atoms with Gasteiger partial charge < -0.3 is 24.6 Å². The van der Waals surface area contributed by atoms with Crippen LogP contribution in [0.25, 0.3) is 0 Å². The standard InChI is InChI=1S/C18H18BrNO6/c1-24-14-9-12(19)8-13(16(14)25-2)15(17(21)22)20-18(23)26-10-11-6-4-3-5-7-11/h3-9,15H,10H2,1-2H3,(H,20,23)(H,21,22). The zero-order valence-electron chi connectivity index (χ0n) is 14.2. The Labute approximate surface area is 159 Å². The third-order valence-electron chi connectivity index (χ3n) is 3.51. The molecule has 0 saturated heterocycles. The van der Waals surface area contributed by atoms with E-state index in [1.165, 1.54) is 20.3 Å². The average Bonchev–Trinajstić information content (AvgIpc) is 2.64. The van der Waals surface area contributed by atoms with E-state index >= 15 is 0 Å². The van der Waals surface area contributed by atoms with E-state index in [0.717, 1.165) is 5.56 Å². The number of carbonyl (C=O) groups is 2. The van der Waals surface area contributed by atoms with Crippen molar-refractivity contribution < 1.29 is 28.9 Å². The molecule has 2 aromatic rings. The van der Waals surface area contributed by atoms with E-state index in [4.69, 9.17) is 14.2 Å². The zero-order valence-corrected chi connectivity index (χ0v) is 15.8. The normalized spacial score (nSPS) is 11.3. The van der Waals surface area contributed by atoms with Gasteiger partial charge in [0.2, 0.25) is 0 Å². The van der Waals surface area contributed by atoms with E-state index < -0.39 is 18.1 Å². The lowest BCUT2D eigenvalue weighted by atomic mass is 10.1. The number of hydrogen-bond acceptors (Lipinski definition) is 5. The van der Waals surface area contributed by atoms with Crippen molar-refractivity contribution >= 4 is 28.0 Å². The van der Waals surface area contributed by atoms with Crippen molar-refractivity contribution in [1.82, 2.24) is 5.32 Å². The van der Waals surface area contributed by atoms with Crippen LogP contribution in [0, 0.1) is 0 Å². The highest BCUT2D eigenvalue weighted by Gasteiger charge is 2.28. The number of carboxylic acids is 1. The molecule has 7 nitrogen and oxygen atoms in total. The molecule has 0 aliphatic rings. The summed E-state index contributed by atoms with van der Waals surface area (Å²) < 4.78 is 16.1. The number of amides is 1. The molecule has 0 bridgehead atoms. The summed E-state index contributed by atoms with van der Waals surface area (Å²) in [6.45, 7) is 0.0257. The number of methoxy groups -OCH3 is 2. The van der Waals surface area contributed by atoms with Gasteiger partial charge in [-0.1, -0.05) is 46.3 Å². The molecule has 0 radical (unpaired) electrons. The molecule has 2 N–H and O–H groups in total. The molecule has 2 aromatic carbocycles. The predicted molar refractivity (Wildman–Crippen MR) is 97.4 cm³/mol. The number of halogens is 1. The van der Waals surface area contributed by atoms with Crippen LogP contribution in [0.2, 0.25) is 0 Å². The second kappa shape index (κ2) is 9.10. The summed E-state index contributed by atoms with van der Waals surface area (Å²) >= 11 is 3.29. The fourth-order valence-electron chi connectivity index (χ4n) is 2.33. The Morgan fingerprint density at radius 1 is 1.15 bits per heavy atom. The second-order valence-electron chi connectivity index (χ2n) is 5.21. The van der Waals surface area contributed by atoms with Crippen LogP contribution in [-0.4, -0.2) is 31.4 Å². The van der Waals surface area contributed by atoms with Crippen molar-refractivity contribution in [3.05, 3.63) is 58.1 Å². The molecule has 0 aliphatic heterocycles. The Hall–Kier alpha value is -2.74. The van der Waals surface area contributed by atoms with E-state index in [-0.39, 0.29) is 17.9 Å². The van der Waals surface area contributed by atoms with Gasteiger partial charge in [0.1, 0.15) is 6.61 Å². The van der Waals surface area contributed by atoms with Crippen LogP contribution in [0.5, 0.6) is 11.5 Å². The van der Waals surface area contributed by atoms with E-state index in [2.05, 4.69) is 21.2 Å². The van der Waals surface area contributed by atoms with Crippen molar-refractivity contribution in [1.29, 1.82) is 0 Å². The monoisotopic (exact) mass is 423 g/mol. The fraction of sp³-hybridized carbons (Fsp3) is 0.222. The number of alkyl carbamates (subject to hydrolysis) is 1. The molecule has 138 valence electrons. The summed E-state index contributed by atoms with van der Waals surface area (Å²) in [4.78, 5) is 23.8. The first-order chi connectivity index (χ1) is 12.5. The van der Waals surface area contributed by atoms with Crippen molar-refractivity contribution in [3.8, 4) is 11.5 Å². The Morgan fingerprint density at radius 2 is 1.85 bits per heavy atom. The molecule has 0 aromatic heterocycles. The van der Waals surface area contributed by atoms with Crippen LogP contribution in [0.1, 0.15) is 17.2 Å². The Morgan fingerprint density at radius 3 is 2.42 bits per heavy atom. The van der Waals surface area contributed by atoms with Gasteiger partial charge in [0.05, 0.1) is 14.2 Å². The first-order valence-electron chi connectivity index (χ1n) is 7.57. The minimum atomic E-state index is -1.38. The number of ether oxygens (including phenoxy) is 3. The van der Waals surface area contributed by atoms with E-state index in [1.807, 2.05) is 18.2 Å². The van der Waals surface area contributed by atoms with Gasteiger partial charge in [-0.25, -0.2) is 9.59 Å². The molecule has 0 fully saturated rings. The molecule has 8 heteroatoms. The molecule has 2 rings (SSSR count). The first kappa shape index (κ1) is 19.6. The molecule has 26 heavy (non-hydrogen) atoms. The van der Waals surface area contributed by atoms with Crippen molar-refractivity contribution in [3.63, 3.8) is 0 Å². The lowest BCUT2D eigenvalue weighted by Gasteiger charge is -2.19. The lowest BCUT2D eigenvalue weighted by molar-refractivity contribution is -0.139. The van der Waals surface area contributed by atoms with Crippen LogP contribution in [0.15, 0.2) is 46.9 Å². The highest BCUT2D eigenvalue weighted by molar-refractivity contribution is 9.10. The third kappa shape index (κ3) is 4.89. The van der Waals surface area contributed by atoms with Gasteiger partial charge in [0, 0.05) is 10.0 Å². The fourth-order valence-corrected chi connectivity index (χ4v) is 2.78. The van der Waals surface area contributed by atoms with E-state index in [1.54, 1.807) is 18.2 Å². The minimum absolute atomic E-state index is 0.0257. The highest BCUT2D eigenvalue weighted by atomic mass is 79.9. The first-order valence-corrected chi connectivity index (χ1v) is 8.37. The predicted octanol–water partition coefficient (Wildman–Crippen LogP) is 3.52. The van der Waals surface area contributed by atoms with Crippen LogP contribution >= 0.6 is 15.9 Å². The molecule has 1 unspecified atom stereocenters.